The number of ether oxygens (including phenoxy) is 1. The minimum absolute atomic E-state index is 0.0278. The molecule has 0 bridgehead atoms. The second-order valence-corrected chi connectivity index (χ2v) is 10.4. The van der Waals surface area contributed by atoms with E-state index < -0.39 is 10.0 Å². The van der Waals surface area contributed by atoms with Crippen LogP contribution in [0.25, 0.3) is 0 Å². The first-order chi connectivity index (χ1) is 14.1. The molecule has 0 amide bonds. The molecule has 0 N–H and O–H groups in total. The van der Waals surface area contributed by atoms with Crippen LogP contribution in [0.3, 0.4) is 0 Å². The first-order valence-electron chi connectivity index (χ1n) is 10.4. The van der Waals surface area contributed by atoms with Crippen molar-refractivity contribution in [1.29, 1.82) is 0 Å². The molecular formula is C21H32N4O4S. The van der Waals surface area contributed by atoms with Crippen LogP contribution in [0.5, 0.6) is 5.75 Å². The maximum atomic E-state index is 12.3. The number of hydrogen-bond acceptors (Lipinski definition) is 7. The van der Waals surface area contributed by atoms with Gasteiger partial charge in [-0.2, -0.15) is 9.29 Å². The Labute approximate surface area is 179 Å². The maximum Gasteiger partial charge on any atom is 0.229 e. The van der Waals surface area contributed by atoms with Crippen LogP contribution in [0.1, 0.15) is 50.9 Å². The lowest BCUT2D eigenvalue weighted by Crippen LogP contribution is -2.60. The highest BCUT2D eigenvalue weighted by atomic mass is 32.2. The Morgan fingerprint density at radius 2 is 1.87 bits per heavy atom. The highest BCUT2D eigenvalue weighted by molar-refractivity contribution is 7.88. The number of likely N-dealkylation sites (tertiary alicyclic amines) is 1. The second-order valence-electron chi connectivity index (χ2n) is 8.49. The predicted molar refractivity (Wildman–Crippen MR) is 115 cm³/mol. The Morgan fingerprint density at radius 3 is 2.40 bits per heavy atom. The van der Waals surface area contributed by atoms with Gasteiger partial charge < -0.3 is 9.26 Å². The van der Waals surface area contributed by atoms with E-state index in [1.165, 1.54) is 11.8 Å². The van der Waals surface area contributed by atoms with Crippen molar-refractivity contribution in [3.8, 4) is 5.75 Å². The minimum atomic E-state index is -3.31. The van der Waals surface area contributed by atoms with Gasteiger partial charge in [0.05, 0.1) is 18.4 Å². The summed E-state index contributed by atoms with van der Waals surface area (Å²) >= 11 is 0. The van der Waals surface area contributed by atoms with Crippen molar-refractivity contribution in [3.63, 3.8) is 0 Å². The van der Waals surface area contributed by atoms with Crippen molar-refractivity contribution in [2.45, 2.75) is 58.7 Å². The van der Waals surface area contributed by atoms with Gasteiger partial charge in [-0.05, 0) is 31.5 Å². The van der Waals surface area contributed by atoms with Gasteiger partial charge >= 0.3 is 0 Å². The van der Waals surface area contributed by atoms with Gasteiger partial charge in [0.15, 0.2) is 5.82 Å². The molecule has 1 aliphatic heterocycles. The lowest BCUT2D eigenvalue weighted by molar-refractivity contribution is 0.0730. The van der Waals surface area contributed by atoms with E-state index in [1.807, 2.05) is 39.8 Å². The lowest BCUT2D eigenvalue weighted by atomic mass is 10.1. The molecule has 8 nitrogen and oxygen atoms in total. The van der Waals surface area contributed by atoms with Gasteiger partial charge in [0.2, 0.25) is 15.9 Å². The molecule has 166 valence electrons. The normalized spacial score (nSPS) is 15.9. The summed E-state index contributed by atoms with van der Waals surface area (Å²) in [7, 11) is -3.31. The summed E-state index contributed by atoms with van der Waals surface area (Å²) < 4.78 is 37.1. The fraction of sp³-hybridized carbons (Fsp3) is 0.619. The number of hydrogen-bond donors (Lipinski definition) is 0. The van der Waals surface area contributed by atoms with E-state index in [0.717, 1.165) is 12.3 Å². The largest absolute Gasteiger partial charge is 0.491 e. The SMILES string of the molecule is CC(C)Oc1ccc(CN2CC(N(CCc3noc(C(C)C)n3)S(C)(=O)=O)C2)cc1. The molecule has 9 heteroatoms. The third-order valence-corrected chi connectivity index (χ3v) is 6.34. The number of nitrogens with zero attached hydrogens (tertiary/aromatic N) is 4. The number of sulfonamides is 1. The van der Waals surface area contributed by atoms with Gasteiger partial charge in [-0.25, -0.2) is 8.42 Å². The Hall–Kier alpha value is -1.97. The fourth-order valence-corrected chi connectivity index (χ4v) is 4.59. The molecule has 1 fully saturated rings. The van der Waals surface area contributed by atoms with Crippen LogP contribution in [-0.2, 0) is 23.0 Å². The smallest absolute Gasteiger partial charge is 0.229 e. The third kappa shape index (κ3) is 6.02. The quantitative estimate of drug-likeness (QED) is 0.566. The van der Waals surface area contributed by atoms with E-state index in [4.69, 9.17) is 9.26 Å². The van der Waals surface area contributed by atoms with E-state index in [1.54, 1.807) is 4.31 Å². The zero-order valence-corrected chi connectivity index (χ0v) is 19.2. The zero-order valence-electron chi connectivity index (χ0n) is 18.4. The molecule has 0 atom stereocenters. The molecular weight excluding hydrogens is 404 g/mol. The van der Waals surface area contributed by atoms with Crippen LogP contribution in [0.15, 0.2) is 28.8 Å². The second kappa shape index (κ2) is 9.45. The van der Waals surface area contributed by atoms with E-state index in [-0.39, 0.29) is 18.1 Å². The standard InChI is InChI=1S/C21H32N4O4S/c1-15(2)21-22-20(23-29-21)10-11-25(30(5,26)27)18-13-24(14-18)12-17-6-8-19(9-7-17)28-16(3)4/h6-9,15-16,18H,10-14H2,1-5H3. The maximum absolute atomic E-state index is 12.3. The Bertz CT molecular complexity index is 919. The molecule has 0 radical (unpaired) electrons. The van der Waals surface area contributed by atoms with Gasteiger partial charge in [-0.3, -0.25) is 4.90 Å². The van der Waals surface area contributed by atoms with Gasteiger partial charge in [0.25, 0.3) is 0 Å². The zero-order chi connectivity index (χ0) is 21.9. The monoisotopic (exact) mass is 436 g/mol. The lowest BCUT2D eigenvalue weighted by Gasteiger charge is -2.44. The Balaban J connectivity index is 1.52. The highest BCUT2D eigenvalue weighted by Crippen LogP contribution is 2.22. The van der Waals surface area contributed by atoms with Crippen molar-refractivity contribution >= 4 is 10.0 Å². The average molecular weight is 437 g/mol. The summed E-state index contributed by atoms with van der Waals surface area (Å²) in [5, 5.41) is 3.96. The molecule has 1 saturated heterocycles. The highest BCUT2D eigenvalue weighted by Gasteiger charge is 2.36. The van der Waals surface area contributed by atoms with Crippen molar-refractivity contribution < 1.29 is 17.7 Å². The van der Waals surface area contributed by atoms with Crippen LogP contribution >= 0.6 is 0 Å². The van der Waals surface area contributed by atoms with E-state index >= 15 is 0 Å². The Kier molecular flexibility index (Phi) is 7.15. The van der Waals surface area contributed by atoms with Crippen molar-refractivity contribution in [1.82, 2.24) is 19.3 Å². The van der Waals surface area contributed by atoms with E-state index in [2.05, 4.69) is 27.2 Å². The van der Waals surface area contributed by atoms with Crippen LogP contribution in [0.2, 0.25) is 0 Å². The summed E-state index contributed by atoms with van der Waals surface area (Å²) in [4.78, 5) is 6.59. The van der Waals surface area contributed by atoms with Crippen LogP contribution in [0, 0.1) is 0 Å². The molecule has 0 saturated carbocycles. The number of rotatable bonds is 10. The summed E-state index contributed by atoms with van der Waals surface area (Å²) in [5.74, 6) is 2.15. The van der Waals surface area contributed by atoms with Crippen molar-refractivity contribution in [2.24, 2.45) is 0 Å². The molecule has 1 aromatic heterocycles. The van der Waals surface area contributed by atoms with Gasteiger partial charge in [-0.15, -0.1) is 0 Å². The summed E-state index contributed by atoms with van der Waals surface area (Å²) in [5.41, 5.74) is 1.18. The molecule has 1 aliphatic rings. The van der Waals surface area contributed by atoms with Crippen LogP contribution < -0.4 is 4.74 Å². The minimum Gasteiger partial charge on any atom is -0.491 e. The first-order valence-corrected chi connectivity index (χ1v) is 12.2. The average Bonchev–Trinajstić information content (AvgIpc) is 3.08. The molecule has 30 heavy (non-hydrogen) atoms. The molecule has 3 rings (SSSR count). The fourth-order valence-electron chi connectivity index (χ4n) is 3.49. The van der Waals surface area contributed by atoms with Crippen molar-refractivity contribution in [3.05, 3.63) is 41.5 Å². The molecule has 0 aliphatic carbocycles. The number of benzene rings is 1. The topological polar surface area (TPSA) is 88.8 Å². The molecule has 0 spiro atoms. The number of aromatic nitrogens is 2. The summed E-state index contributed by atoms with van der Waals surface area (Å²) in [6.07, 6.45) is 1.86. The molecule has 0 unspecified atom stereocenters. The van der Waals surface area contributed by atoms with Gasteiger partial charge in [-0.1, -0.05) is 31.1 Å². The van der Waals surface area contributed by atoms with Gasteiger partial charge in [0, 0.05) is 38.5 Å². The van der Waals surface area contributed by atoms with Crippen LogP contribution in [-0.4, -0.2) is 65.8 Å². The molecule has 1 aromatic carbocycles. The van der Waals surface area contributed by atoms with E-state index in [0.29, 0.717) is 37.8 Å². The van der Waals surface area contributed by atoms with E-state index in [9.17, 15) is 8.42 Å². The predicted octanol–water partition coefficient (Wildman–Crippen LogP) is 2.67. The van der Waals surface area contributed by atoms with Crippen LogP contribution in [0.4, 0.5) is 0 Å². The summed E-state index contributed by atoms with van der Waals surface area (Å²) in [6.45, 7) is 10.5. The first kappa shape index (κ1) is 22.7. The third-order valence-electron chi connectivity index (χ3n) is 5.01. The van der Waals surface area contributed by atoms with Gasteiger partial charge in [0.1, 0.15) is 5.75 Å². The van der Waals surface area contributed by atoms with Crippen molar-refractivity contribution in [2.75, 3.05) is 25.9 Å². The Morgan fingerprint density at radius 1 is 1.20 bits per heavy atom. The molecule has 2 aromatic rings. The summed E-state index contributed by atoms with van der Waals surface area (Å²) in [6, 6.07) is 8.04. The molecule has 2 heterocycles.